The molecule has 1 saturated heterocycles. The minimum Gasteiger partial charge on any atom is -0.491 e. The molecule has 120 valence electrons. The summed E-state index contributed by atoms with van der Waals surface area (Å²) >= 11 is 3.46. The fourth-order valence-electron chi connectivity index (χ4n) is 3.76. The van der Waals surface area contributed by atoms with Crippen molar-refractivity contribution >= 4 is 21.6 Å². The summed E-state index contributed by atoms with van der Waals surface area (Å²) in [7, 11) is 0. The van der Waals surface area contributed by atoms with Gasteiger partial charge in [0.2, 0.25) is 0 Å². The van der Waals surface area contributed by atoms with Crippen LogP contribution in [-0.2, 0) is 12.8 Å². The Labute approximate surface area is 145 Å². The van der Waals surface area contributed by atoms with Crippen molar-refractivity contribution in [1.29, 1.82) is 0 Å². The van der Waals surface area contributed by atoms with Gasteiger partial charge in [-0.15, -0.1) is 0 Å². The number of rotatable bonds is 4. The fourth-order valence-corrected chi connectivity index (χ4v) is 4.03. The Morgan fingerprint density at radius 2 is 2.00 bits per heavy atom. The van der Waals surface area contributed by atoms with Crippen LogP contribution in [0.25, 0.3) is 0 Å². The molecule has 4 heteroatoms. The van der Waals surface area contributed by atoms with Crippen LogP contribution in [0.4, 0.5) is 5.69 Å². The minimum absolute atomic E-state index is 0.464. The normalized spacial score (nSPS) is 19.9. The van der Waals surface area contributed by atoms with Crippen molar-refractivity contribution in [3.63, 3.8) is 0 Å². The number of ether oxygens (including phenoxy) is 1. The van der Waals surface area contributed by atoms with Crippen molar-refractivity contribution in [2.75, 3.05) is 18.1 Å². The number of aryl methyl sites for hydroxylation is 1. The number of anilines is 1. The van der Waals surface area contributed by atoms with E-state index in [1.165, 1.54) is 42.6 Å². The Hall–Kier alpha value is -1.55. The standard InChI is InChI=1S/C19H21BrN2O/c20-14-6-8-16(9-7-14)23-13-15-3-2-12-22(15)19-10-11-21-18-5-1-4-17(18)19/h6-11,15H,1-5,12-13H2/t15-/m0/s1. The molecule has 1 fully saturated rings. The zero-order valence-corrected chi connectivity index (χ0v) is 14.8. The summed E-state index contributed by atoms with van der Waals surface area (Å²) in [4.78, 5) is 7.10. The summed E-state index contributed by atoms with van der Waals surface area (Å²) in [6.45, 7) is 1.88. The Morgan fingerprint density at radius 1 is 1.13 bits per heavy atom. The van der Waals surface area contributed by atoms with E-state index in [4.69, 9.17) is 4.74 Å². The average Bonchev–Trinajstić information content (AvgIpc) is 3.23. The SMILES string of the molecule is Brc1ccc(OC[C@@H]2CCCN2c2ccnc3c2CCC3)cc1. The number of halogens is 1. The molecule has 0 radical (unpaired) electrons. The van der Waals surface area contributed by atoms with Gasteiger partial charge in [0.1, 0.15) is 12.4 Å². The third-order valence-corrected chi connectivity index (χ3v) is 5.43. The van der Waals surface area contributed by atoms with Crippen LogP contribution in [0, 0.1) is 0 Å². The van der Waals surface area contributed by atoms with E-state index in [1.807, 2.05) is 30.5 Å². The maximum absolute atomic E-state index is 6.04. The van der Waals surface area contributed by atoms with Crippen LogP contribution in [0.15, 0.2) is 41.0 Å². The predicted octanol–water partition coefficient (Wildman–Crippen LogP) is 4.38. The highest BCUT2D eigenvalue weighted by Gasteiger charge is 2.29. The first kappa shape index (κ1) is 15.0. The molecule has 1 atom stereocenters. The van der Waals surface area contributed by atoms with Gasteiger partial charge in [0, 0.05) is 28.6 Å². The molecular formula is C19H21BrN2O. The fraction of sp³-hybridized carbons (Fsp3) is 0.421. The third-order valence-electron chi connectivity index (χ3n) is 4.90. The average molecular weight is 373 g/mol. The topological polar surface area (TPSA) is 25.4 Å². The number of hydrogen-bond donors (Lipinski definition) is 0. The van der Waals surface area contributed by atoms with Gasteiger partial charge in [-0.05, 0) is 68.0 Å². The summed E-state index contributed by atoms with van der Waals surface area (Å²) in [6.07, 6.45) is 7.98. The summed E-state index contributed by atoms with van der Waals surface area (Å²) in [6, 6.07) is 10.8. The van der Waals surface area contributed by atoms with E-state index in [0.29, 0.717) is 6.04 Å². The third kappa shape index (κ3) is 3.09. The predicted molar refractivity (Wildman–Crippen MR) is 96.3 cm³/mol. The Bertz CT molecular complexity index is 686. The first-order valence-corrected chi connectivity index (χ1v) is 9.22. The zero-order chi connectivity index (χ0) is 15.6. The van der Waals surface area contributed by atoms with E-state index in [0.717, 1.165) is 29.8 Å². The Balaban J connectivity index is 1.49. The summed E-state index contributed by atoms with van der Waals surface area (Å²) in [5, 5.41) is 0. The smallest absolute Gasteiger partial charge is 0.119 e. The first-order valence-electron chi connectivity index (χ1n) is 8.43. The molecule has 2 heterocycles. The molecule has 3 nitrogen and oxygen atoms in total. The number of aromatic nitrogens is 1. The van der Waals surface area contributed by atoms with Crippen LogP contribution < -0.4 is 9.64 Å². The second-order valence-electron chi connectivity index (χ2n) is 6.36. The second kappa shape index (κ2) is 6.52. The molecule has 0 spiro atoms. The van der Waals surface area contributed by atoms with Crippen LogP contribution in [0.1, 0.15) is 30.5 Å². The van der Waals surface area contributed by atoms with Gasteiger partial charge >= 0.3 is 0 Å². The van der Waals surface area contributed by atoms with Gasteiger partial charge < -0.3 is 9.64 Å². The first-order chi connectivity index (χ1) is 11.3. The lowest BCUT2D eigenvalue weighted by atomic mass is 10.1. The van der Waals surface area contributed by atoms with Crippen molar-refractivity contribution in [2.45, 2.75) is 38.1 Å². The van der Waals surface area contributed by atoms with Gasteiger partial charge in [0.25, 0.3) is 0 Å². The largest absolute Gasteiger partial charge is 0.491 e. The van der Waals surface area contributed by atoms with Crippen LogP contribution in [-0.4, -0.2) is 24.2 Å². The van der Waals surface area contributed by atoms with E-state index in [1.54, 1.807) is 0 Å². The quantitative estimate of drug-likeness (QED) is 0.795. The van der Waals surface area contributed by atoms with Crippen molar-refractivity contribution in [3.8, 4) is 5.75 Å². The molecule has 23 heavy (non-hydrogen) atoms. The Kier molecular flexibility index (Phi) is 4.25. The molecule has 0 saturated carbocycles. The number of hydrogen-bond acceptors (Lipinski definition) is 3. The lowest BCUT2D eigenvalue weighted by Crippen LogP contribution is -2.34. The lowest BCUT2D eigenvalue weighted by Gasteiger charge is -2.28. The molecule has 1 aromatic carbocycles. The highest BCUT2D eigenvalue weighted by molar-refractivity contribution is 9.10. The van der Waals surface area contributed by atoms with E-state index in [-0.39, 0.29) is 0 Å². The number of nitrogens with zero attached hydrogens (tertiary/aromatic N) is 2. The highest BCUT2D eigenvalue weighted by Crippen LogP contribution is 2.34. The molecule has 0 bridgehead atoms. The molecule has 2 aliphatic rings. The van der Waals surface area contributed by atoms with Gasteiger partial charge in [0.05, 0.1) is 6.04 Å². The van der Waals surface area contributed by atoms with Gasteiger partial charge in [-0.1, -0.05) is 15.9 Å². The minimum atomic E-state index is 0.464. The highest BCUT2D eigenvalue weighted by atomic mass is 79.9. The summed E-state index contributed by atoms with van der Waals surface area (Å²) in [5.41, 5.74) is 4.18. The van der Waals surface area contributed by atoms with Gasteiger partial charge in [-0.3, -0.25) is 4.98 Å². The molecule has 4 rings (SSSR count). The van der Waals surface area contributed by atoms with E-state index < -0.39 is 0 Å². The van der Waals surface area contributed by atoms with Gasteiger partial charge in [-0.2, -0.15) is 0 Å². The maximum atomic E-state index is 6.04. The van der Waals surface area contributed by atoms with Gasteiger partial charge in [0.15, 0.2) is 0 Å². The number of benzene rings is 1. The van der Waals surface area contributed by atoms with E-state index in [2.05, 4.69) is 31.9 Å². The molecule has 0 amide bonds. The van der Waals surface area contributed by atoms with Crippen LogP contribution in [0.2, 0.25) is 0 Å². The lowest BCUT2D eigenvalue weighted by molar-refractivity contribution is 0.288. The molecule has 1 aliphatic heterocycles. The van der Waals surface area contributed by atoms with Crippen molar-refractivity contribution in [1.82, 2.24) is 4.98 Å². The van der Waals surface area contributed by atoms with Crippen molar-refractivity contribution in [2.24, 2.45) is 0 Å². The van der Waals surface area contributed by atoms with Gasteiger partial charge in [-0.25, -0.2) is 0 Å². The molecule has 0 N–H and O–H groups in total. The summed E-state index contributed by atoms with van der Waals surface area (Å²) < 4.78 is 7.12. The zero-order valence-electron chi connectivity index (χ0n) is 13.2. The molecule has 1 aliphatic carbocycles. The molecule has 2 aromatic rings. The number of fused-ring (bicyclic) bond motifs is 1. The van der Waals surface area contributed by atoms with Crippen molar-refractivity contribution in [3.05, 3.63) is 52.3 Å². The Morgan fingerprint density at radius 3 is 2.87 bits per heavy atom. The van der Waals surface area contributed by atoms with Crippen LogP contribution in [0.5, 0.6) is 5.75 Å². The maximum Gasteiger partial charge on any atom is 0.119 e. The van der Waals surface area contributed by atoms with Crippen LogP contribution >= 0.6 is 15.9 Å². The van der Waals surface area contributed by atoms with Crippen LogP contribution in [0.3, 0.4) is 0 Å². The molecule has 1 aromatic heterocycles. The number of pyridine rings is 1. The van der Waals surface area contributed by atoms with Crippen molar-refractivity contribution < 1.29 is 4.74 Å². The van der Waals surface area contributed by atoms with E-state index in [9.17, 15) is 0 Å². The van der Waals surface area contributed by atoms with E-state index >= 15 is 0 Å². The second-order valence-corrected chi connectivity index (χ2v) is 7.28. The molecular weight excluding hydrogens is 352 g/mol. The monoisotopic (exact) mass is 372 g/mol. The summed E-state index contributed by atoms with van der Waals surface area (Å²) in [5.74, 6) is 0.944. The molecule has 0 unspecified atom stereocenters.